The first-order chi connectivity index (χ1) is 8.12. The second-order valence-corrected chi connectivity index (χ2v) is 4.36. The molecule has 0 spiro atoms. The Morgan fingerprint density at radius 2 is 2.00 bits per heavy atom. The molecule has 0 unspecified atom stereocenters. The van der Waals surface area contributed by atoms with E-state index in [9.17, 15) is 0 Å². The van der Waals surface area contributed by atoms with Crippen LogP contribution in [0, 0.1) is 22.8 Å². The SMILES string of the molecule is CSC(=Nc1cc(Cl)c(Cl)cc1C#N)NC#N. The van der Waals surface area contributed by atoms with Crippen LogP contribution in [0.25, 0.3) is 0 Å². The minimum atomic E-state index is 0.293. The molecule has 0 radical (unpaired) electrons. The highest BCUT2D eigenvalue weighted by molar-refractivity contribution is 8.13. The van der Waals surface area contributed by atoms with Crippen LogP contribution in [0.4, 0.5) is 5.69 Å². The summed E-state index contributed by atoms with van der Waals surface area (Å²) in [4.78, 5) is 4.12. The average molecular weight is 285 g/mol. The lowest BCUT2D eigenvalue weighted by atomic mass is 10.2. The van der Waals surface area contributed by atoms with Crippen molar-refractivity contribution in [1.82, 2.24) is 5.32 Å². The molecule has 0 saturated heterocycles. The Morgan fingerprint density at radius 1 is 1.35 bits per heavy atom. The Bertz CT molecular complexity index is 542. The number of nitrogens with one attached hydrogen (secondary N) is 1. The number of thioether (sulfide) groups is 1. The number of aliphatic imine (C=N–C) groups is 1. The molecule has 0 aliphatic rings. The monoisotopic (exact) mass is 284 g/mol. The summed E-state index contributed by atoms with van der Waals surface area (Å²) in [6, 6.07) is 4.89. The van der Waals surface area contributed by atoms with Crippen LogP contribution in [0.1, 0.15) is 5.56 Å². The minimum absolute atomic E-state index is 0.293. The van der Waals surface area contributed by atoms with Gasteiger partial charge < -0.3 is 0 Å². The second-order valence-electron chi connectivity index (χ2n) is 2.75. The number of benzene rings is 1. The summed E-state index contributed by atoms with van der Waals surface area (Å²) in [5.74, 6) is 0. The highest BCUT2D eigenvalue weighted by atomic mass is 35.5. The number of hydrogen-bond acceptors (Lipinski definition) is 4. The lowest BCUT2D eigenvalue weighted by Gasteiger charge is -2.03. The lowest BCUT2D eigenvalue weighted by Crippen LogP contribution is -2.12. The summed E-state index contributed by atoms with van der Waals surface area (Å²) in [5, 5.41) is 20.8. The van der Waals surface area contributed by atoms with Crippen molar-refractivity contribution < 1.29 is 0 Å². The summed E-state index contributed by atoms with van der Waals surface area (Å²) >= 11 is 12.9. The Labute approximate surface area is 113 Å². The summed E-state index contributed by atoms with van der Waals surface area (Å²) in [6.45, 7) is 0. The predicted molar refractivity (Wildman–Crippen MR) is 70.5 cm³/mol. The fraction of sp³-hybridized carbons (Fsp3) is 0.100. The first-order valence-electron chi connectivity index (χ1n) is 4.29. The first kappa shape index (κ1) is 13.7. The molecule has 0 bridgehead atoms. The third-order valence-corrected chi connectivity index (χ3v) is 3.04. The smallest absolute Gasteiger partial charge is 0.183 e. The summed E-state index contributed by atoms with van der Waals surface area (Å²) < 4.78 is 0. The molecule has 1 aromatic rings. The molecule has 1 rings (SSSR count). The molecule has 7 heteroatoms. The van der Waals surface area contributed by atoms with Gasteiger partial charge >= 0.3 is 0 Å². The fourth-order valence-corrected chi connectivity index (χ4v) is 1.66. The maximum absolute atomic E-state index is 8.94. The molecule has 0 atom stereocenters. The van der Waals surface area contributed by atoms with Gasteiger partial charge in [-0.3, -0.25) is 5.32 Å². The summed E-state index contributed by atoms with van der Waals surface area (Å²) in [6.07, 6.45) is 3.52. The van der Waals surface area contributed by atoms with E-state index in [2.05, 4.69) is 10.3 Å². The van der Waals surface area contributed by atoms with Crippen LogP contribution in [0.15, 0.2) is 17.1 Å². The maximum Gasteiger partial charge on any atom is 0.183 e. The standard InChI is InChI=1S/C10H6Cl2N4S/c1-17-10(15-5-14)16-9-3-8(12)7(11)2-6(9)4-13/h2-3H,1H3,(H,15,16). The van der Waals surface area contributed by atoms with Crippen molar-refractivity contribution in [2.45, 2.75) is 0 Å². The van der Waals surface area contributed by atoms with Crippen LogP contribution in [-0.2, 0) is 0 Å². The Kier molecular flexibility index (Phi) is 5.11. The molecular weight excluding hydrogens is 279 g/mol. The molecule has 0 fully saturated rings. The topological polar surface area (TPSA) is 72.0 Å². The molecule has 0 aliphatic carbocycles. The van der Waals surface area contributed by atoms with Crippen LogP contribution in [0.2, 0.25) is 10.0 Å². The van der Waals surface area contributed by atoms with Crippen LogP contribution in [0.5, 0.6) is 0 Å². The van der Waals surface area contributed by atoms with E-state index >= 15 is 0 Å². The van der Waals surface area contributed by atoms with Gasteiger partial charge in [0, 0.05) is 0 Å². The van der Waals surface area contributed by atoms with E-state index in [0.717, 1.165) is 0 Å². The van der Waals surface area contributed by atoms with Gasteiger partial charge in [0.15, 0.2) is 11.4 Å². The number of nitriles is 2. The number of halogens is 2. The van der Waals surface area contributed by atoms with Crippen molar-refractivity contribution in [2.24, 2.45) is 4.99 Å². The van der Waals surface area contributed by atoms with Gasteiger partial charge in [-0.05, 0) is 18.4 Å². The van der Waals surface area contributed by atoms with E-state index in [0.29, 0.717) is 26.5 Å². The van der Waals surface area contributed by atoms with Crippen molar-refractivity contribution in [2.75, 3.05) is 6.26 Å². The predicted octanol–water partition coefficient (Wildman–Crippen LogP) is 3.29. The van der Waals surface area contributed by atoms with Gasteiger partial charge in [-0.1, -0.05) is 35.0 Å². The first-order valence-corrected chi connectivity index (χ1v) is 6.27. The lowest BCUT2D eigenvalue weighted by molar-refractivity contribution is 1.28. The van der Waals surface area contributed by atoms with Gasteiger partial charge in [-0.2, -0.15) is 10.5 Å². The van der Waals surface area contributed by atoms with Gasteiger partial charge in [0.25, 0.3) is 0 Å². The van der Waals surface area contributed by atoms with Crippen molar-refractivity contribution in [3.63, 3.8) is 0 Å². The Hall–Kier alpha value is -1.40. The largest absolute Gasteiger partial charge is 0.271 e. The van der Waals surface area contributed by atoms with Crippen LogP contribution in [-0.4, -0.2) is 11.4 Å². The highest BCUT2D eigenvalue weighted by Crippen LogP contribution is 2.30. The van der Waals surface area contributed by atoms with E-state index < -0.39 is 0 Å². The van der Waals surface area contributed by atoms with Crippen molar-refractivity contribution >= 4 is 45.8 Å². The number of hydrogen-bond donors (Lipinski definition) is 1. The molecule has 17 heavy (non-hydrogen) atoms. The van der Waals surface area contributed by atoms with Crippen LogP contribution >= 0.6 is 35.0 Å². The van der Waals surface area contributed by atoms with Gasteiger partial charge in [-0.25, -0.2) is 4.99 Å². The van der Waals surface area contributed by atoms with Crippen molar-refractivity contribution in [1.29, 1.82) is 10.5 Å². The number of nitrogens with zero attached hydrogens (tertiary/aromatic N) is 3. The molecule has 1 N–H and O–H groups in total. The highest BCUT2D eigenvalue weighted by Gasteiger charge is 2.07. The van der Waals surface area contributed by atoms with Gasteiger partial charge in [0.2, 0.25) is 0 Å². The average Bonchev–Trinajstić information content (AvgIpc) is 2.32. The molecule has 0 heterocycles. The second kappa shape index (κ2) is 6.36. The Morgan fingerprint density at radius 3 is 2.53 bits per heavy atom. The molecule has 0 aromatic heterocycles. The van der Waals surface area contributed by atoms with Gasteiger partial charge in [0.1, 0.15) is 6.07 Å². The zero-order valence-corrected chi connectivity index (χ0v) is 11.0. The molecule has 0 aliphatic heterocycles. The van der Waals surface area contributed by atoms with E-state index in [1.54, 1.807) is 12.4 Å². The van der Waals surface area contributed by atoms with E-state index in [1.165, 1.54) is 23.9 Å². The molecule has 0 saturated carbocycles. The van der Waals surface area contributed by atoms with Crippen LogP contribution < -0.4 is 5.32 Å². The third kappa shape index (κ3) is 3.54. The number of rotatable bonds is 1. The fourth-order valence-electron chi connectivity index (χ4n) is 1.00. The normalized spacial score (nSPS) is 10.5. The van der Waals surface area contributed by atoms with E-state index in [-0.39, 0.29) is 0 Å². The van der Waals surface area contributed by atoms with Gasteiger partial charge in [0.05, 0.1) is 21.3 Å². The zero-order chi connectivity index (χ0) is 12.8. The van der Waals surface area contributed by atoms with Crippen molar-refractivity contribution in [3.8, 4) is 12.3 Å². The third-order valence-electron chi connectivity index (χ3n) is 1.74. The molecule has 86 valence electrons. The number of amidine groups is 1. The zero-order valence-electron chi connectivity index (χ0n) is 8.66. The van der Waals surface area contributed by atoms with Crippen molar-refractivity contribution in [3.05, 3.63) is 27.7 Å². The van der Waals surface area contributed by atoms with E-state index in [4.69, 9.17) is 33.7 Å². The molecular formula is C10H6Cl2N4S. The van der Waals surface area contributed by atoms with E-state index in [1.807, 2.05) is 6.07 Å². The molecule has 4 nitrogen and oxygen atoms in total. The summed E-state index contributed by atoms with van der Waals surface area (Å²) in [7, 11) is 0. The molecule has 1 aromatic carbocycles. The van der Waals surface area contributed by atoms with Crippen LogP contribution in [0.3, 0.4) is 0 Å². The Balaban J connectivity index is 3.27. The summed E-state index contributed by atoms with van der Waals surface area (Å²) in [5.41, 5.74) is 0.666. The quantitative estimate of drug-likeness (QED) is 0.372. The van der Waals surface area contributed by atoms with Gasteiger partial charge in [-0.15, -0.1) is 0 Å². The minimum Gasteiger partial charge on any atom is -0.271 e. The maximum atomic E-state index is 8.94. The molecule has 0 amide bonds.